The highest BCUT2D eigenvalue weighted by Crippen LogP contribution is 2.22. The lowest BCUT2D eigenvalue weighted by atomic mass is 9.99. The van der Waals surface area contributed by atoms with E-state index in [2.05, 4.69) is 67.8 Å². The summed E-state index contributed by atoms with van der Waals surface area (Å²) in [4.78, 5) is 12.9. The van der Waals surface area contributed by atoms with Crippen LogP contribution in [-0.2, 0) is 14.3 Å². The van der Waals surface area contributed by atoms with Crippen molar-refractivity contribution in [3.8, 4) is 0 Å². The summed E-state index contributed by atoms with van der Waals surface area (Å²) in [5, 5.41) is 54.2. The normalized spacial score (nSPS) is 21.1. The molecule has 1 rings (SSSR count). The molecule has 9 heteroatoms. The van der Waals surface area contributed by atoms with Crippen LogP contribution in [0, 0.1) is 0 Å². The first kappa shape index (κ1) is 55.9. The summed E-state index contributed by atoms with van der Waals surface area (Å²) in [6.07, 6.45) is 47.1. The monoisotopic (exact) mass is 846 g/mol. The number of amides is 1. The first-order valence-corrected chi connectivity index (χ1v) is 24.5. The molecule has 1 amide bonds. The van der Waals surface area contributed by atoms with Crippen molar-refractivity contribution in [3.63, 3.8) is 0 Å². The van der Waals surface area contributed by atoms with Crippen molar-refractivity contribution in [2.24, 2.45) is 0 Å². The van der Waals surface area contributed by atoms with E-state index in [-0.39, 0.29) is 12.5 Å². The first-order valence-electron chi connectivity index (χ1n) is 24.5. The van der Waals surface area contributed by atoms with Crippen molar-refractivity contribution in [2.45, 2.75) is 243 Å². The van der Waals surface area contributed by atoms with Crippen molar-refractivity contribution in [1.29, 1.82) is 0 Å². The van der Waals surface area contributed by atoms with Crippen molar-refractivity contribution in [2.75, 3.05) is 13.2 Å². The maximum atomic E-state index is 12.9. The van der Waals surface area contributed by atoms with Crippen LogP contribution < -0.4 is 5.32 Å². The van der Waals surface area contributed by atoms with E-state index in [9.17, 15) is 30.3 Å². The van der Waals surface area contributed by atoms with Gasteiger partial charge < -0.3 is 40.3 Å². The average Bonchev–Trinajstić information content (AvgIpc) is 3.25. The highest BCUT2D eigenvalue weighted by molar-refractivity contribution is 5.76. The molecule has 1 heterocycles. The van der Waals surface area contributed by atoms with Gasteiger partial charge in [0.15, 0.2) is 6.29 Å². The van der Waals surface area contributed by atoms with E-state index < -0.39 is 49.5 Å². The maximum absolute atomic E-state index is 12.9. The number of hydrogen-bond donors (Lipinski definition) is 6. The Labute approximate surface area is 366 Å². The number of unbranched alkanes of at least 4 members (excludes halogenated alkanes) is 22. The van der Waals surface area contributed by atoms with Crippen LogP contribution in [0.5, 0.6) is 0 Å². The number of aliphatic hydroxyl groups is 5. The predicted molar refractivity (Wildman–Crippen MR) is 249 cm³/mol. The van der Waals surface area contributed by atoms with Gasteiger partial charge in [-0.2, -0.15) is 0 Å². The molecule has 0 aromatic heterocycles. The summed E-state index contributed by atoms with van der Waals surface area (Å²) in [5.41, 5.74) is 0. The Morgan fingerprint density at radius 2 is 1.03 bits per heavy atom. The van der Waals surface area contributed by atoms with Crippen LogP contribution in [0.1, 0.15) is 200 Å². The third kappa shape index (κ3) is 30.8. The molecule has 0 bridgehead atoms. The van der Waals surface area contributed by atoms with Crippen molar-refractivity contribution in [3.05, 3.63) is 60.8 Å². The molecule has 0 spiro atoms. The molecule has 0 radical (unpaired) electrons. The van der Waals surface area contributed by atoms with Crippen LogP contribution >= 0.6 is 0 Å². The zero-order valence-corrected chi connectivity index (χ0v) is 38.2. The number of hydrogen-bond acceptors (Lipinski definition) is 8. The predicted octanol–water partition coefficient (Wildman–Crippen LogP) is 10.8. The molecule has 0 aliphatic carbocycles. The molecule has 1 aliphatic rings. The SMILES string of the molecule is CCC/C=C\C/C=C\CCCCCCCC(=O)NC(COC1OC(CO)C(O)C(O)C1O)C(O)/C=C/CC/C=C/CC/C=C/CCCCCCCCCCCCCCCC. The van der Waals surface area contributed by atoms with Crippen molar-refractivity contribution < 1.29 is 39.8 Å². The summed E-state index contributed by atoms with van der Waals surface area (Å²) >= 11 is 0. The van der Waals surface area contributed by atoms with Gasteiger partial charge in [0.1, 0.15) is 24.4 Å². The number of allylic oxidation sites excluding steroid dienone is 9. The smallest absolute Gasteiger partial charge is 0.220 e. The number of ether oxygens (including phenoxy) is 2. The molecule has 60 heavy (non-hydrogen) atoms. The summed E-state index contributed by atoms with van der Waals surface area (Å²) in [6.45, 7) is 3.67. The fourth-order valence-corrected chi connectivity index (χ4v) is 7.34. The number of carbonyl (C=O) groups excluding carboxylic acids is 1. The molecule has 0 aromatic carbocycles. The lowest BCUT2D eigenvalue weighted by molar-refractivity contribution is -0.302. The highest BCUT2D eigenvalue weighted by Gasteiger charge is 2.44. The lowest BCUT2D eigenvalue weighted by Gasteiger charge is -2.40. The van der Waals surface area contributed by atoms with Gasteiger partial charge in [0.25, 0.3) is 0 Å². The Morgan fingerprint density at radius 3 is 1.57 bits per heavy atom. The second-order valence-electron chi connectivity index (χ2n) is 16.9. The molecule has 7 unspecified atom stereocenters. The number of rotatable bonds is 40. The minimum atomic E-state index is -1.58. The van der Waals surface area contributed by atoms with Gasteiger partial charge in [0.2, 0.25) is 5.91 Å². The highest BCUT2D eigenvalue weighted by atomic mass is 16.7. The maximum Gasteiger partial charge on any atom is 0.220 e. The van der Waals surface area contributed by atoms with Gasteiger partial charge >= 0.3 is 0 Å². The Bertz CT molecular complexity index is 1120. The topological polar surface area (TPSA) is 149 Å². The fourth-order valence-electron chi connectivity index (χ4n) is 7.34. The van der Waals surface area contributed by atoms with Gasteiger partial charge in [0, 0.05) is 6.42 Å². The molecular formula is C51H91NO8. The zero-order valence-electron chi connectivity index (χ0n) is 38.2. The third-order valence-corrected chi connectivity index (χ3v) is 11.3. The van der Waals surface area contributed by atoms with E-state index >= 15 is 0 Å². The van der Waals surface area contributed by atoms with E-state index in [1.165, 1.54) is 103 Å². The van der Waals surface area contributed by atoms with E-state index in [1.807, 2.05) is 6.08 Å². The standard InChI is InChI=1S/C51H91NO8/c1-3-5-7-9-11-13-15-17-18-19-20-21-22-23-24-25-26-27-29-30-32-34-36-38-40-45(54)44(43-59-51-50(58)49(57)48(56)46(42-53)60-51)52-47(55)41-39-37-35-33-31-28-16-14-12-10-8-6-4-2/h8,10,14,16,25-26,30,32,38,40,44-46,48-51,53-54,56-58H,3-7,9,11-13,15,17-24,27-29,31,33-37,39,41-43H2,1-2H3,(H,52,55)/b10-8-,16-14-,26-25+,32-30+,40-38+. The van der Waals surface area contributed by atoms with Gasteiger partial charge in [0.05, 0.1) is 25.4 Å². The van der Waals surface area contributed by atoms with Crippen LogP contribution in [0.3, 0.4) is 0 Å². The van der Waals surface area contributed by atoms with Crippen LogP contribution in [0.25, 0.3) is 0 Å². The molecule has 7 atom stereocenters. The number of carbonyl (C=O) groups is 1. The van der Waals surface area contributed by atoms with Crippen molar-refractivity contribution >= 4 is 5.91 Å². The van der Waals surface area contributed by atoms with Gasteiger partial charge in [-0.1, -0.05) is 184 Å². The second-order valence-corrected chi connectivity index (χ2v) is 16.9. The molecular weight excluding hydrogens is 755 g/mol. The number of nitrogens with one attached hydrogen (secondary N) is 1. The van der Waals surface area contributed by atoms with Crippen LogP contribution in [0.2, 0.25) is 0 Å². The minimum Gasteiger partial charge on any atom is -0.394 e. The largest absolute Gasteiger partial charge is 0.394 e. The molecule has 6 N–H and O–H groups in total. The molecule has 0 saturated carbocycles. The van der Waals surface area contributed by atoms with Crippen LogP contribution in [0.4, 0.5) is 0 Å². The van der Waals surface area contributed by atoms with Gasteiger partial charge in [-0.3, -0.25) is 4.79 Å². The molecule has 348 valence electrons. The molecule has 0 aromatic rings. The second kappa shape index (κ2) is 40.9. The van der Waals surface area contributed by atoms with E-state index in [1.54, 1.807) is 6.08 Å². The average molecular weight is 846 g/mol. The van der Waals surface area contributed by atoms with E-state index in [4.69, 9.17) is 9.47 Å². The minimum absolute atomic E-state index is 0.208. The summed E-state index contributed by atoms with van der Waals surface area (Å²) in [5.74, 6) is -0.208. The van der Waals surface area contributed by atoms with Crippen LogP contribution in [-0.4, -0.2) is 87.5 Å². The molecule has 1 aliphatic heterocycles. The molecule has 1 fully saturated rings. The number of aliphatic hydroxyl groups excluding tert-OH is 5. The molecule has 1 saturated heterocycles. The van der Waals surface area contributed by atoms with Crippen molar-refractivity contribution in [1.82, 2.24) is 5.32 Å². The van der Waals surface area contributed by atoms with Gasteiger partial charge in [-0.25, -0.2) is 0 Å². The fraction of sp³-hybridized carbons (Fsp3) is 0.784. The van der Waals surface area contributed by atoms with E-state index in [0.717, 1.165) is 77.0 Å². The zero-order chi connectivity index (χ0) is 43.7. The summed E-state index contributed by atoms with van der Waals surface area (Å²) < 4.78 is 11.2. The first-order chi connectivity index (χ1) is 29.3. The van der Waals surface area contributed by atoms with E-state index in [0.29, 0.717) is 6.42 Å². The molecule has 9 nitrogen and oxygen atoms in total. The van der Waals surface area contributed by atoms with Crippen LogP contribution in [0.15, 0.2) is 60.8 Å². The Hall–Kier alpha value is -2.11. The Kier molecular flexibility index (Phi) is 38.1. The van der Waals surface area contributed by atoms with Gasteiger partial charge in [-0.05, 0) is 70.6 Å². The summed E-state index contributed by atoms with van der Waals surface area (Å²) in [7, 11) is 0. The summed E-state index contributed by atoms with van der Waals surface area (Å²) in [6, 6.07) is -0.836. The Balaban J connectivity index is 2.34. The van der Waals surface area contributed by atoms with Gasteiger partial charge in [-0.15, -0.1) is 0 Å². The Morgan fingerprint density at radius 1 is 0.567 bits per heavy atom. The quantitative estimate of drug-likeness (QED) is 0.0264. The third-order valence-electron chi connectivity index (χ3n) is 11.3. The lowest BCUT2D eigenvalue weighted by Crippen LogP contribution is -2.60.